The molecule has 3 heteroatoms. The highest BCUT2D eigenvalue weighted by Crippen LogP contribution is 2.25. The lowest BCUT2D eigenvalue weighted by atomic mass is 9.95. The van der Waals surface area contributed by atoms with Crippen LogP contribution in [0.25, 0.3) is 0 Å². The van der Waals surface area contributed by atoms with E-state index in [1.807, 2.05) is 0 Å². The van der Waals surface area contributed by atoms with E-state index < -0.39 is 17.0 Å². The minimum absolute atomic E-state index is 0.624. The maximum atomic E-state index is 2.93. The Labute approximate surface area is 118 Å². The molecule has 1 saturated carbocycles. The Morgan fingerprint density at radius 2 is 1.72 bits per heavy atom. The molecule has 1 atom stereocenters. The molecule has 1 unspecified atom stereocenters. The van der Waals surface area contributed by atoms with Gasteiger partial charge in [0.05, 0.1) is 0 Å². The first-order valence-electron chi connectivity index (χ1n) is 8.20. The molecule has 0 aliphatic heterocycles. The average Bonchev–Trinajstić information content (AvgIpc) is 2.29. The van der Waals surface area contributed by atoms with Gasteiger partial charge >= 0.3 is 0 Å². The standard InChI is InChI=1S/C15H35NSi2/c1-6-16(15-11-8-7-9-12-15)17(2)13-10-14-18(3,4)5/h15,17H,6-14H2,1-5H3. The van der Waals surface area contributed by atoms with Crippen molar-refractivity contribution in [3.8, 4) is 0 Å². The number of nitrogens with zero attached hydrogens (tertiary/aromatic N) is 1. The second-order valence-corrected chi connectivity index (χ2v) is 16.0. The molecular weight excluding hydrogens is 250 g/mol. The van der Waals surface area contributed by atoms with Crippen molar-refractivity contribution in [2.24, 2.45) is 0 Å². The van der Waals surface area contributed by atoms with Crippen molar-refractivity contribution in [3.05, 3.63) is 0 Å². The summed E-state index contributed by atoms with van der Waals surface area (Å²) in [7, 11) is -1.43. The predicted molar refractivity (Wildman–Crippen MR) is 89.8 cm³/mol. The van der Waals surface area contributed by atoms with E-state index in [2.05, 4.69) is 37.7 Å². The molecule has 1 aliphatic carbocycles. The Morgan fingerprint density at radius 3 is 2.22 bits per heavy atom. The van der Waals surface area contributed by atoms with Crippen LogP contribution in [-0.2, 0) is 0 Å². The van der Waals surface area contributed by atoms with E-state index in [9.17, 15) is 0 Å². The fourth-order valence-electron chi connectivity index (χ4n) is 3.44. The Bertz CT molecular complexity index is 219. The Hall–Kier alpha value is 0.394. The minimum Gasteiger partial charge on any atom is -0.324 e. The molecule has 108 valence electrons. The second-order valence-electron chi connectivity index (χ2n) is 7.42. The van der Waals surface area contributed by atoms with Gasteiger partial charge in [0.15, 0.2) is 0 Å². The molecule has 1 rings (SSSR count). The quantitative estimate of drug-likeness (QED) is 0.612. The molecule has 0 aromatic carbocycles. The molecule has 0 radical (unpaired) electrons. The summed E-state index contributed by atoms with van der Waals surface area (Å²) in [6, 6.07) is 4.04. The first-order chi connectivity index (χ1) is 8.44. The monoisotopic (exact) mass is 285 g/mol. The molecule has 1 fully saturated rings. The summed E-state index contributed by atoms with van der Waals surface area (Å²) < 4.78 is 2.93. The third kappa shape index (κ3) is 6.02. The third-order valence-corrected chi connectivity index (χ3v) is 9.54. The molecule has 0 heterocycles. The van der Waals surface area contributed by atoms with Gasteiger partial charge in [0, 0.05) is 14.1 Å². The van der Waals surface area contributed by atoms with Crippen molar-refractivity contribution in [2.45, 2.75) is 89.8 Å². The summed E-state index contributed by atoms with van der Waals surface area (Å²) in [6.45, 7) is 13.8. The fourth-order valence-corrected chi connectivity index (χ4v) is 7.88. The van der Waals surface area contributed by atoms with Crippen LogP contribution in [0.5, 0.6) is 0 Å². The van der Waals surface area contributed by atoms with E-state index in [-0.39, 0.29) is 0 Å². The van der Waals surface area contributed by atoms with Crippen LogP contribution in [0.2, 0.25) is 38.3 Å². The largest absolute Gasteiger partial charge is 0.324 e. The maximum Gasteiger partial charge on any atom is 0.109 e. The Balaban J connectivity index is 2.34. The summed E-state index contributed by atoms with van der Waals surface area (Å²) in [5, 5.41) is 0. The highest BCUT2D eigenvalue weighted by atomic mass is 28.3. The first-order valence-corrected chi connectivity index (χ1v) is 14.4. The summed E-state index contributed by atoms with van der Waals surface area (Å²) >= 11 is 0. The molecule has 0 bridgehead atoms. The molecule has 0 N–H and O–H groups in total. The zero-order valence-electron chi connectivity index (χ0n) is 13.5. The normalized spacial score (nSPS) is 20.3. The molecule has 0 aromatic heterocycles. The lowest BCUT2D eigenvalue weighted by Gasteiger charge is -2.37. The van der Waals surface area contributed by atoms with Crippen molar-refractivity contribution in [3.63, 3.8) is 0 Å². The Kier molecular flexibility index (Phi) is 7.18. The van der Waals surface area contributed by atoms with Crippen LogP contribution in [0, 0.1) is 0 Å². The number of hydrogen-bond acceptors (Lipinski definition) is 1. The molecule has 0 spiro atoms. The van der Waals surface area contributed by atoms with Gasteiger partial charge in [-0.3, -0.25) is 0 Å². The van der Waals surface area contributed by atoms with E-state index in [4.69, 9.17) is 0 Å². The van der Waals surface area contributed by atoms with Crippen LogP contribution in [0.4, 0.5) is 0 Å². The summed E-state index contributed by atoms with van der Waals surface area (Å²) in [6.07, 6.45) is 8.93. The summed E-state index contributed by atoms with van der Waals surface area (Å²) in [5.74, 6) is 0. The van der Waals surface area contributed by atoms with Crippen LogP contribution >= 0.6 is 0 Å². The van der Waals surface area contributed by atoms with Crippen LogP contribution < -0.4 is 0 Å². The van der Waals surface area contributed by atoms with E-state index in [0.717, 1.165) is 6.04 Å². The molecule has 18 heavy (non-hydrogen) atoms. The highest BCUT2D eigenvalue weighted by molar-refractivity contribution is 6.76. The van der Waals surface area contributed by atoms with Crippen molar-refractivity contribution in [1.29, 1.82) is 0 Å². The smallest absolute Gasteiger partial charge is 0.109 e. The van der Waals surface area contributed by atoms with Gasteiger partial charge in [0.2, 0.25) is 0 Å². The zero-order chi connectivity index (χ0) is 13.6. The molecule has 0 aromatic rings. The van der Waals surface area contributed by atoms with Crippen LogP contribution in [0.1, 0.15) is 45.4 Å². The van der Waals surface area contributed by atoms with E-state index in [0.29, 0.717) is 0 Å². The molecular formula is C15H35NSi2. The molecule has 0 amide bonds. The second kappa shape index (κ2) is 7.86. The van der Waals surface area contributed by atoms with Gasteiger partial charge in [-0.25, -0.2) is 0 Å². The molecule has 0 saturated heterocycles. The maximum absolute atomic E-state index is 2.93. The average molecular weight is 286 g/mol. The van der Waals surface area contributed by atoms with Gasteiger partial charge in [-0.2, -0.15) is 0 Å². The SMILES string of the molecule is CCN(C1CCCCC1)[SiH](C)CCC[Si](C)(C)C. The van der Waals surface area contributed by atoms with Gasteiger partial charge in [-0.15, -0.1) is 0 Å². The zero-order valence-corrected chi connectivity index (χ0v) is 15.6. The van der Waals surface area contributed by atoms with Crippen molar-refractivity contribution in [1.82, 2.24) is 4.57 Å². The summed E-state index contributed by atoms with van der Waals surface area (Å²) in [5.41, 5.74) is 0. The predicted octanol–water partition coefficient (Wildman–Crippen LogP) is 4.72. The lowest BCUT2D eigenvalue weighted by molar-refractivity contribution is 0.259. The van der Waals surface area contributed by atoms with Crippen LogP contribution in [-0.4, -0.2) is 34.2 Å². The van der Waals surface area contributed by atoms with E-state index >= 15 is 0 Å². The van der Waals surface area contributed by atoms with Gasteiger partial charge in [-0.1, -0.05) is 64.8 Å². The highest BCUT2D eigenvalue weighted by Gasteiger charge is 2.24. The number of hydrogen-bond donors (Lipinski definition) is 0. The van der Waals surface area contributed by atoms with Crippen molar-refractivity contribution >= 4 is 17.0 Å². The van der Waals surface area contributed by atoms with Gasteiger partial charge in [0.1, 0.15) is 8.96 Å². The van der Waals surface area contributed by atoms with Gasteiger partial charge < -0.3 is 4.57 Å². The Morgan fingerprint density at radius 1 is 1.11 bits per heavy atom. The topological polar surface area (TPSA) is 3.24 Å². The van der Waals surface area contributed by atoms with Gasteiger partial charge in [0.25, 0.3) is 0 Å². The van der Waals surface area contributed by atoms with E-state index in [1.54, 1.807) is 6.04 Å². The summed E-state index contributed by atoms with van der Waals surface area (Å²) in [4.78, 5) is 0. The molecule has 1 nitrogen and oxygen atoms in total. The van der Waals surface area contributed by atoms with Crippen LogP contribution in [0.15, 0.2) is 0 Å². The van der Waals surface area contributed by atoms with E-state index in [1.165, 1.54) is 51.1 Å². The third-order valence-electron chi connectivity index (χ3n) is 4.52. The van der Waals surface area contributed by atoms with Crippen LogP contribution in [0.3, 0.4) is 0 Å². The fraction of sp³-hybridized carbons (Fsp3) is 1.00. The number of rotatable bonds is 7. The van der Waals surface area contributed by atoms with Crippen molar-refractivity contribution in [2.75, 3.05) is 6.54 Å². The lowest BCUT2D eigenvalue weighted by Crippen LogP contribution is -2.45. The first kappa shape index (κ1) is 16.4. The molecule has 1 aliphatic rings. The van der Waals surface area contributed by atoms with Crippen molar-refractivity contribution < 1.29 is 0 Å². The van der Waals surface area contributed by atoms with Gasteiger partial charge in [-0.05, 0) is 25.4 Å². The minimum atomic E-state index is -0.805.